The predicted octanol–water partition coefficient (Wildman–Crippen LogP) is 1.71. The van der Waals surface area contributed by atoms with Gasteiger partial charge in [-0.2, -0.15) is 10.4 Å². The number of phenolic OH excluding ortho intramolecular Hbond substituents is 1. The van der Waals surface area contributed by atoms with Crippen LogP contribution in [-0.2, 0) is 6.54 Å². The molecule has 1 heterocycles. The van der Waals surface area contributed by atoms with Crippen molar-refractivity contribution >= 4 is 22.3 Å². The van der Waals surface area contributed by atoms with Gasteiger partial charge in [0.15, 0.2) is 0 Å². The summed E-state index contributed by atoms with van der Waals surface area (Å²) in [6.07, 6.45) is 1.38. The fourth-order valence-corrected chi connectivity index (χ4v) is 2.14. The summed E-state index contributed by atoms with van der Waals surface area (Å²) in [6, 6.07) is 11.6. The van der Waals surface area contributed by atoms with Crippen LogP contribution in [-0.4, -0.2) is 22.4 Å². The predicted molar refractivity (Wildman–Crippen MR) is 90.5 cm³/mol. The number of nitriles is 1. The smallest absolute Gasteiger partial charge is 0.143 e. The van der Waals surface area contributed by atoms with E-state index in [1.54, 1.807) is 0 Å². The molecule has 23 heavy (non-hydrogen) atoms. The third-order valence-corrected chi connectivity index (χ3v) is 3.30. The second-order valence-electron chi connectivity index (χ2n) is 4.86. The molecule has 0 amide bonds. The Morgan fingerprint density at radius 1 is 1.35 bits per heavy atom. The van der Waals surface area contributed by atoms with Gasteiger partial charge in [0.2, 0.25) is 0 Å². The maximum Gasteiger partial charge on any atom is 0.143 e. The number of hydrogen-bond donors (Lipinski definition) is 5. The van der Waals surface area contributed by atoms with Gasteiger partial charge in [-0.1, -0.05) is 24.3 Å². The van der Waals surface area contributed by atoms with Crippen molar-refractivity contribution in [2.45, 2.75) is 6.54 Å². The van der Waals surface area contributed by atoms with Gasteiger partial charge in [-0.3, -0.25) is 5.10 Å². The molecule has 0 spiro atoms. The first-order chi connectivity index (χ1) is 11.1. The molecule has 0 bridgehead atoms. The Morgan fingerprint density at radius 2 is 2.09 bits per heavy atom. The SMILES string of the molecule is CNCc1cc2ccccc2c(N)c1O.N#Cc1cn[nH]c1N. The number of benzene rings is 2. The molecule has 0 fully saturated rings. The van der Waals surface area contributed by atoms with Crippen molar-refractivity contribution in [3.8, 4) is 11.8 Å². The Hall–Kier alpha value is -3.24. The Morgan fingerprint density at radius 3 is 2.65 bits per heavy atom. The molecule has 7 N–H and O–H groups in total. The molecule has 118 valence electrons. The highest BCUT2D eigenvalue weighted by Gasteiger charge is 2.08. The van der Waals surface area contributed by atoms with Crippen molar-refractivity contribution in [1.29, 1.82) is 5.26 Å². The molecule has 3 aromatic rings. The highest BCUT2D eigenvalue weighted by molar-refractivity contribution is 5.96. The van der Waals surface area contributed by atoms with E-state index in [9.17, 15) is 5.11 Å². The lowest BCUT2D eigenvalue weighted by Gasteiger charge is -2.10. The third kappa shape index (κ3) is 3.51. The largest absolute Gasteiger partial charge is 0.505 e. The van der Waals surface area contributed by atoms with Gasteiger partial charge in [-0.25, -0.2) is 0 Å². The molecule has 7 nitrogen and oxygen atoms in total. The van der Waals surface area contributed by atoms with Crippen molar-refractivity contribution < 1.29 is 5.11 Å². The van der Waals surface area contributed by atoms with Crippen molar-refractivity contribution in [2.75, 3.05) is 18.5 Å². The second-order valence-corrected chi connectivity index (χ2v) is 4.86. The van der Waals surface area contributed by atoms with Gasteiger partial charge in [-0.05, 0) is 18.5 Å². The normalized spacial score (nSPS) is 9.91. The summed E-state index contributed by atoms with van der Waals surface area (Å²) in [7, 11) is 1.84. The fraction of sp³-hybridized carbons (Fsp3) is 0.125. The number of rotatable bonds is 2. The molecule has 1 aromatic heterocycles. The number of phenols is 1. The minimum atomic E-state index is 0.183. The first-order valence-electron chi connectivity index (χ1n) is 6.91. The summed E-state index contributed by atoms with van der Waals surface area (Å²) in [5.41, 5.74) is 12.8. The Bertz CT molecular complexity index is 849. The zero-order valence-corrected chi connectivity index (χ0v) is 12.7. The minimum Gasteiger partial charge on any atom is -0.505 e. The summed E-state index contributed by atoms with van der Waals surface area (Å²) in [5, 5.41) is 29.0. The van der Waals surface area contributed by atoms with Crippen molar-refractivity contribution in [1.82, 2.24) is 15.5 Å². The molecular formula is C16H18N6O. The van der Waals surface area contributed by atoms with Crippen LogP contribution in [0.1, 0.15) is 11.1 Å². The van der Waals surface area contributed by atoms with E-state index in [1.165, 1.54) is 6.20 Å². The molecular weight excluding hydrogens is 292 g/mol. The number of fused-ring (bicyclic) bond motifs is 1. The van der Waals surface area contributed by atoms with E-state index >= 15 is 0 Å². The van der Waals surface area contributed by atoms with E-state index in [-0.39, 0.29) is 5.75 Å². The van der Waals surface area contributed by atoms with Gasteiger partial charge < -0.3 is 21.9 Å². The third-order valence-electron chi connectivity index (χ3n) is 3.30. The van der Waals surface area contributed by atoms with Gasteiger partial charge >= 0.3 is 0 Å². The van der Waals surface area contributed by atoms with Crippen LogP contribution in [0.5, 0.6) is 5.75 Å². The lowest BCUT2D eigenvalue weighted by atomic mass is 10.0. The van der Waals surface area contributed by atoms with Crippen molar-refractivity contribution in [2.24, 2.45) is 0 Å². The maximum atomic E-state index is 9.86. The number of H-pyrrole nitrogens is 1. The summed E-state index contributed by atoms with van der Waals surface area (Å²) in [4.78, 5) is 0. The molecule has 0 saturated carbocycles. The summed E-state index contributed by atoms with van der Waals surface area (Å²) >= 11 is 0. The average molecular weight is 310 g/mol. The zero-order chi connectivity index (χ0) is 16.8. The standard InChI is InChI=1S/C12H14N2O.C4H4N4/c1-14-7-9-6-8-4-2-3-5-10(8)11(13)12(9)15;5-1-3-2-7-8-4(3)6/h2-6,14-15H,7,13H2,1H3;2H,(H3,6,7,8). The van der Waals surface area contributed by atoms with E-state index in [2.05, 4.69) is 15.5 Å². The van der Waals surface area contributed by atoms with Crippen LogP contribution < -0.4 is 16.8 Å². The first-order valence-corrected chi connectivity index (χ1v) is 6.91. The van der Waals surface area contributed by atoms with Crippen LogP contribution in [0.25, 0.3) is 10.8 Å². The number of anilines is 2. The molecule has 2 aromatic carbocycles. The highest BCUT2D eigenvalue weighted by atomic mass is 16.3. The number of nitrogen functional groups attached to an aromatic ring is 2. The average Bonchev–Trinajstić information content (AvgIpc) is 2.98. The fourth-order valence-electron chi connectivity index (χ4n) is 2.14. The summed E-state index contributed by atoms with van der Waals surface area (Å²) in [6.45, 7) is 0.612. The van der Waals surface area contributed by atoms with Crippen LogP contribution in [0, 0.1) is 11.3 Å². The lowest BCUT2D eigenvalue weighted by molar-refractivity contribution is 0.469. The van der Waals surface area contributed by atoms with Gasteiger partial charge in [-0.15, -0.1) is 0 Å². The number of aromatic amines is 1. The summed E-state index contributed by atoms with van der Waals surface area (Å²) < 4.78 is 0. The number of nitrogens with two attached hydrogens (primary N) is 2. The van der Waals surface area contributed by atoms with Crippen LogP contribution in [0.4, 0.5) is 11.5 Å². The number of hydrogen-bond acceptors (Lipinski definition) is 6. The highest BCUT2D eigenvalue weighted by Crippen LogP contribution is 2.33. The van der Waals surface area contributed by atoms with Crippen molar-refractivity contribution in [3.05, 3.63) is 47.7 Å². The van der Waals surface area contributed by atoms with E-state index < -0.39 is 0 Å². The molecule has 0 saturated heterocycles. The topological polar surface area (TPSA) is 137 Å². The second kappa shape index (κ2) is 7.15. The molecule has 3 rings (SSSR count). The molecule has 0 aliphatic rings. The van der Waals surface area contributed by atoms with E-state index in [4.69, 9.17) is 16.7 Å². The van der Waals surface area contributed by atoms with E-state index in [1.807, 2.05) is 43.4 Å². The number of nitrogens with zero attached hydrogens (tertiary/aromatic N) is 2. The quantitative estimate of drug-likeness (QED) is 0.361. The molecule has 0 radical (unpaired) electrons. The van der Waals surface area contributed by atoms with Crippen molar-refractivity contribution in [3.63, 3.8) is 0 Å². The molecule has 0 aliphatic heterocycles. The first kappa shape index (κ1) is 16.1. The van der Waals surface area contributed by atoms with Crippen LogP contribution >= 0.6 is 0 Å². The molecule has 7 heteroatoms. The number of aromatic hydroxyl groups is 1. The minimum absolute atomic E-state index is 0.183. The number of nitrogens with one attached hydrogen (secondary N) is 2. The Labute approximate surface area is 133 Å². The van der Waals surface area contributed by atoms with E-state index in [0.29, 0.717) is 23.6 Å². The molecule has 0 aliphatic carbocycles. The molecule has 0 unspecified atom stereocenters. The maximum absolute atomic E-state index is 9.86. The monoisotopic (exact) mass is 310 g/mol. The van der Waals surface area contributed by atoms with Crippen LogP contribution in [0.15, 0.2) is 36.5 Å². The van der Waals surface area contributed by atoms with Gasteiger partial charge in [0.25, 0.3) is 0 Å². The zero-order valence-electron chi connectivity index (χ0n) is 12.7. The van der Waals surface area contributed by atoms with E-state index in [0.717, 1.165) is 16.3 Å². The van der Waals surface area contributed by atoms with Gasteiger partial charge in [0.05, 0.1) is 11.9 Å². The number of aromatic nitrogens is 2. The van der Waals surface area contributed by atoms with Crippen LogP contribution in [0.3, 0.4) is 0 Å². The summed E-state index contributed by atoms with van der Waals surface area (Å²) in [5.74, 6) is 0.510. The van der Waals surface area contributed by atoms with Gasteiger partial charge in [0.1, 0.15) is 23.2 Å². The molecule has 0 atom stereocenters. The lowest BCUT2D eigenvalue weighted by Crippen LogP contribution is -2.06. The van der Waals surface area contributed by atoms with Gasteiger partial charge in [0, 0.05) is 17.5 Å². The van der Waals surface area contributed by atoms with Crippen LogP contribution in [0.2, 0.25) is 0 Å². The Kier molecular flexibility index (Phi) is 5.02. The Balaban J connectivity index is 0.000000203.